The predicted octanol–water partition coefficient (Wildman–Crippen LogP) is 3.67. The number of phenols is 1. The summed E-state index contributed by atoms with van der Waals surface area (Å²) in [7, 11) is 0. The number of rotatable bonds is 5. The summed E-state index contributed by atoms with van der Waals surface area (Å²) in [6, 6.07) is 5.51. The maximum absolute atomic E-state index is 12.5. The van der Waals surface area contributed by atoms with Crippen molar-refractivity contribution in [1.82, 2.24) is 5.32 Å². The molecule has 0 aromatic heterocycles. The third-order valence-electron chi connectivity index (χ3n) is 5.36. The van der Waals surface area contributed by atoms with E-state index in [4.69, 9.17) is 4.74 Å². The molecular weight excluding hydrogens is 302 g/mol. The van der Waals surface area contributed by atoms with Gasteiger partial charge in [0.15, 0.2) is 0 Å². The van der Waals surface area contributed by atoms with Gasteiger partial charge in [-0.05, 0) is 49.3 Å². The van der Waals surface area contributed by atoms with E-state index in [1.165, 1.54) is 25.7 Å². The van der Waals surface area contributed by atoms with E-state index in [2.05, 4.69) is 5.32 Å². The van der Waals surface area contributed by atoms with Crippen LogP contribution in [-0.2, 0) is 16.0 Å². The van der Waals surface area contributed by atoms with Crippen LogP contribution < -0.4 is 5.32 Å². The Hall–Kier alpha value is -1.55. The first-order valence-corrected chi connectivity index (χ1v) is 9.46. The van der Waals surface area contributed by atoms with Crippen molar-refractivity contribution in [1.29, 1.82) is 0 Å². The highest BCUT2D eigenvalue weighted by Gasteiger charge is 2.27. The summed E-state index contributed by atoms with van der Waals surface area (Å²) < 4.78 is 5.93. The molecule has 2 aliphatic rings. The number of carbonyl (C=O) groups is 1. The molecule has 0 unspecified atom stereocenters. The van der Waals surface area contributed by atoms with Gasteiger partial charge >= 0.3 is 0 Å². The molecule has 0 heterocycles. The zero-order valence-corrected chi connectivity index (χ0v) is 14.4. The molecule has 1 atom stereocenters. The molecule has 1 saturated carbocycles. The van der Waals surface area contributed by atoms with Crippen LogP contribution in [0.5, 0.6) is 5.75 Å². The molecular formula is C20H29NO3. The lowest BCUT2D eigenvalue weighted by Crippen LogP contribution is -2.34. The number of hydrogen-bond donors (Lipinski definition) is 2. The van der Waals surface area contributed by atoms with E-state index >= 15 is 0 Å². The molecule has 0 aliphatic heterocycles. The number of aromatic hydroxyl groups is 1. The van der Waals surface area contributed by atoms with Gasteiger partial charge in [0.05, 0.1) is 18.6 Å². The highest BCUT2D eigenvalue weighted by atomic mass is 16.5. The van der Waals surface area contributed by atoms with Crippen molar-refractivity contribution in [2.75, 3.05) is 13.2 Å². The zero-order chi connectivity index (χ0) is 16.8. The number of phenolic OH excluding ortho intramolecular Hbond substituents is 1. The van der Waals surface area contributed by atoms with Crippen LogP contribution in [0.4, 0.5) is 0 Å². The quantitative estimate of drug-likeness (QED) is 0.639. The molecule has 4 heteroatoms. The lowest BCUT2D eigenvalue weighted by atomic mass is 9.82. The van der Waals surface area contributed by atoms with Crippen LogP contribution in [0, 0.1) is 0 Å². The van der Waals surface area contributed by atoms with Gasteiger partial charge in [0.25, 0.3) is 0 Å². The topological polar surface area (TPSA) is 58.6 Å². The highest BCUT2D eigenvalue weighted by molar-refractivity contribution is 5.84. The molecule has 3 rings (SSSR count). The van der Waals surface area contributed by atoms with Crippen LogP contribution >= 0.6 is 0 Å². The van der Waals surface area contributed by atoms with Crippen molar-refractivity contribution in [2.24, 2.45) is 0 Å². The van der Waals surface area contributed by atoms with E-state index < -0.39 is 0 Å². The molecule has 4 nitrogen and oxygen atoms in total. The Morgan fingerprint density at radius 2 is 1.92 bits per heavy atom. The van der Waals surface area contributed by atoms with Crippen molar-refractivity contribution >= 4 is 5.91 Å². The van der Waals surface area contributed by atoms with Crippen molar-refractivity contribution in [3.05, 3.63) is 29.3 Å². The first-order chi connectivity index (χ1) is 11.8. The van der Waals surface area contributed by atoms with Crippen molar-refractivity contribution in [2.45, 2.75) is 69.8 Å². The summed E-state index contributed by atoms with van der Waals surface area (Å²) in [4.78, 5) is 12.5. The Morgan fingerprint density at radius 1 is 1.12 bits per heavy atom. The lowest BCUT2D eigenvalue weighted by Gasteiger charge is -2.25. The molecule has 2 aliphatic carbocycles. The first kappa shape index (κ1) is 17.3. The van der Waals surface area contributed by atoms with E-state index in [-0.39, 0.29) is 11.8 Å². The van der Waals surface area contributed by atoms with Crippen LogP contribution in [-0.4, -0.2) is 30.3 Å². The molecule has 2 N–H and O–H groups in total. The molecule has 0 spiro atoms. The predicted molar refractivity (Wildman–Crippen MR) is 94.2 cm³/mol. The van der Waals surface area contributed by atoms with Crippen molar-refractivity contribution in [3.8, 4) is 5.75 Å². The smallest absolute Gasteiger partial charge is 0.227 e. The number of benzene rings is 1. The second kappa shape index (κ2) is 8.52. The Morgan fingerprint density at radius 3 is 2.71 bits per heavy atom. The van der Waals surface area contributed by atoms with Crippen LogP contribution in [0.2, 0.25) is 0 Å². The van der Waals surface area contributed by atoms with E-state index in [0.717, 1.165) is 43.2 Å². The number of nitrogens with one attached hydrogen (secondary N) is 1. The normalized spacial score (nSPS) is 21.8. The third-order valence-corrected chi connectivity index (χ3v) is 5.36. The Labute approximate surface area is 144 Å². The average molecular weight is 331 g/mol. The molecule has 0 radical (unpaired) electrons. The molecule has 1 aromatic rings. The molecule has 0 saturated heterocycles. The van der Waals surface area contributed by atoms with Gasteiger partial charge in [0.1, 0.15) is 5.75 Å². The van der Waals surface area contributed by atoms with Gasteiger partial charge in [-0.3, -0.25) is 4.79 Å². The maximum atomic E-state index is 12.5. The minimum Gasteiger partial charge on any atom is -0.508 e. The lowest BCUT2D eigenvalue weighted by molar-refractivity contribution is -0.123. The first-order valence-electron chi connectivity index (χ1n) is 9.46. The van der Waals surface area contributed by atoms with Crippen LogP contribution in [0.15, 0.2) is 18.2 Å². The summed E-state index contributed by atoms with van der Waals surface area (Å²) >= 11 is 0. The Bertz CT molecular complexity index is 550. The zero-order valence-electron chi connectivity index (χ0n) is 14.4. The average Bonchev–Trinajstić information content (AvgIpc) is 2.87. The summed E-state index contributed by atoms with van der Waals surface area (Å²) in [5.74, 6) is 0.242. The van der Waals surface area contributed by atoms with Gasteiger partial charge in [0.2, 0.25) is 5.91 Å². The highest BCUT2D eigenvalue weighted by Crippen LogP contribution is 2.36. The molecule has 1 amide bonds. The van der Waals surface area contributed by atoms with Gasteiger partial charge in [-0.1, -0.05) is 37.8 Å². The minimum absolute atomic E-state index is 0.0611. The monoisotopic (exact) mass is 331 g/mol. The number of fused-ring (bicyclic) bond motifs is 1. The van der Waals surface area contributed by atoms with Crippen LogP contribution in [0.3, 0.4) is 0 Å². The summed E-state index contributed by atoms with van der Waals surface area (Å²) in [5.41, 5.74) is 1.93. The molecule has 132 valence electrons. The second-order valence-electron chi connectivity index (χ2n) is 7.07. The maximum Gasteiger partial charge on any atom is 0.227 e. The van der Waals surface area contributed by atoms with E-state index in [1.807, 2.05) is 12.1 Å². The minimum atomic E-state index is -0.140. The number of amides is 1. The van der Waals surface area contributed by atoms with Gasteiger partial charge in [-0.2, -0.15) is 0 Å². The Balaban J connectivity index is 1.47. The molecule has 1 aromatic carbocycles. The summed E-state index contributed by atoms with van der Waals surface area (Å²) in [6.45, 7) is 1.16. The number of carbonyl (C=O) groups excluding carboxylic acids is 1. The van der Waals surface area contributed by atoms with Gasteiger partial charge < -0.3 is 15.2 Å². The van der Waals surface area contributed by atoms with E-state index in [1.54, 1.807) is 6.07 Å². The van der Waals surface area contributed by atoms with Gasteiger partial charge in [0, 0.05) is 6.54 Å². The van der Waals surface area contributed by atoms with Crippen molar-refractivity contribution in [3.63, 3.8) is 0 Å². The van der Waals surface area contributed by atoms with Gasteiger partial charge in [-0.15, -0.1) is 0 Å². The van der Waals surface area contributed by atoms with E-state index in [0.29, 0.717) is 25.0 Å². The fourth-order valence-electron chi connectivity index (χ4n) is 4.03. The molecule has 1 fully saturated rings. The van der Waals surface area contributed by atoms with Crippen molar-refractivity contribution < 1.29 is 14.6 Å². The molecule has 24 heavy (non-hydrogen) atoms. The third kappa shape index (κ3) is 4.29. The number of hydrogen-bond acceptors (Lipinski definition) is 3. The van der Waals surface area contributed by atoms with Crippen LogP contribution in [0.1, 0.15) is 68.4 Å². The largest absolute Gasteiger partial charge is 0.508 e. The number of ether oxygens (including phenoxy) is 1. The SMILES string of the molecule is O=C(NCCOC1CCCCCC1)[C@@H]1CCCc2c(O)cccc21. The standard InChI is InChI=1S/C20H29NO3/c22-19-12-6-9-16-17(19)10-5-11-18(16)20(23)21-13-14-24-15-7-3-1-2-4-8-15/h6,9,12,15,18,22H,1-5,7-8,10-11,13-14H2,(H,21,23)/t18-/m1/s1. The summed E-state index contributed by atoms with van der Waals surface area (Å²) in [5, 5.41) is 13.0. The van der Waals surface area contributed by atoms with Gasteiger partial charge in [-0.25, -0.2) is 0 Å². The summed E-state index contributed by atoms with van der Waals surface area (Å²) in [6.07, 6.45) is 10.5. The van der Waals surface area contributed by atoms with E-state index in [9.17, 15) is 9.90 Å². The fraction of sp³-hybridized carbons (Fsp3) is 0.650. The molecule has 0 bridgehead atoms. The Kier molecular flexibility index (Phi) is 6.13. The fourth-order valence-corrected chi connectivity index (χ4v) is 4.03. The van der Waals surface area contributed by atoms with Crippen LogP contribution in [0.25, 0.3) is 0 Å². The second-order valence-corrected chi connectivity index (χ2v) is 7.07.